The van der Waals surface area contributed by atoms with Gasteiger partial charge in [-0.1, -0.05) is 11.6 Å². The highest BCUT2D eigenvalue weighted by Crippen LogP contribution is 2.49. The first kappa shape index (κ1) is 15.1. The predicted molar refractivity (Wildman–Crippen MR) is 82.6 cm³/mol. The van der Waals surface area contributed by atoms with Crippen LogP contribution in [0.15, 0.2) is 18.6 Å². The van der Waals surface area contributed by atoms with E-state index in [0.29, 0.717) is 17.7 Å². The summed E-state index contributed by atoms with van der Waals surface area (Å²) in [5, 5.41) is 17.4. The molecule has 4 rings (SSSR count). The van der Waals surface area contributed by atoms with Gasteiger partial charge < -0.3 is 5.11 Å². The number of carboxylic acid groups (broad SMARTS) is 1. The van der Waals surface area contributed by atoms with Crippen LogP contribution in [0.1, 0.15) is 36.1 Å². The summed E-state index contributed by atoms with van der Waals surface area (Å²) in [6.45, 7) is 1.90. The van der Waals surface area contributed by atoms with Crippen LogP contribution in [0, 0.1) is 5.95 Å². The summed E-state index contributed by atoms with van der Waals surface area (Å²) in [4.78, 5) is 15.8. The van der Waals surface area contributed by atoms with Gasteiger partial charge in [-0.05, 0) is 13.3 Å². The third kappa shape index (κ3) is 1.83. The Kier molecular flexibility index (Phi) is 2.99. The van der Waals surface area contributed by atoms with Crippen LogP contribution in [0.2, 0.25) is 5.02 Å². The largest absolute Gasteiger partial charge is 0.481 e. The second-order valence-electron chi connectivity index (χ2n) is 6.23. The van der Waals surface area contributed by atoms with Gasteiger partial charge in [0.05, 0.1) is 17.8 Å². The molecule has 7 nitrogen and oxygen atoms in total. The Morgan fingerprint density at radius 1 is 1.50 bits per heavy atom. The zero-order valence-electron chi connectivity index (χ0n) is 12.9. The van der Waals surface area contributed by atoms with Gasteiger partial charge in [-0.25, -0.2) is 9.50 Å². The molecule has 9 heteroatoms. The number of halogens is 2. The molecular formula is C15H13ClFN5O2. The second-order valence-corrected chi connectivity index (χ2v) is 6.61. The van der Waals surface area contributed by atoms with Gasteiger partial charge >= 0.3 is 5.97 Å². The predicted octanol–water partition coefficient (Wildman–Crippen LogP) is 2.13. The van der Waals surface area contributed by atoms with E-state index in [1.165, 1.54) is 10.7 Å². The van der Waals surface area contributed by atoms with Crippen molar-refractivity contribution in [1.29, 1.82) is 0 Å². The Balaban J connectivity index is 2.08. The van der Waals surface area contributed by atoms with Crippen molar-refractivity contribution in [3.63, 3.8) is 0 Å². The molecule has 3 aromatic rings. The summed E-state index contributed by atoms with van der Waals surface area (Å²) in [5.74, 6) is -2.54. The number of aryl methyl sites for hydroxylation is 1. The minimum atomic E-state index is -0.955. The van der Waals surface area contributed by atoms with Crippen molar-refractivity contribution in [3.05, 3.63) is 46.4 Å². The monoisotopic (exact) mass is 349 g/mol. The number of aromatic nitrogens is 5. The number of aliphatic carboxylic acids is 1. The van der Waals surface area contributed by atoms with E-state index < -0.39 is 23.2 Å². The lowest BCUT2D eigenvalue weighted by atomic mass is 9.81. The van der Waals surface area contributed by atoms with Crippen LogP contribution in [-0.4, -0.2) is 35.5 Å². The number of carbonyl (C=O) groups is 1. The highest BCUT2D eigenvalue weighted by atomic mass is 35.5. The van der Waals surface area contributed by atoms with Gasteiger partial charge in [-0.2, -0.15) is 9.49 Å². The molecule has 1 N–H and O–H groups in total. The topological polar surface area (TPSA) is 85.3 Å². The third-order valence-electron chi connectivity index (χ3n) is 4.73. The molecule has 0 spiro atoms. The first-order chi connectivity index (χ1) is 11.3. The van der Waals surface area contributed by atoms with Gasteiger partial charge in [0, 0.05) is 36.0 Å². The van der Waals surface area contributed by atoms with Crippen LogP contribution in [-0.2, 0) is 17.3 Å². The minimum absolute atomic E-state index is 0.175. The normalized spacial score (nSPS) is 22.9. The standard InChI is InChI=1S/C15H13ClFN5O2/c1-15(7-4-19-21(2)6-7)3-8(14(23)24)9-5-18-13-10(16)12(17)20-22(13)11(9)15/h4-6,8H,3H2,1-2H3,(H,23,24). The Labute approximate surface area is 140 Å². The Morgan fingerprint density at radius 3 is 2.88 bits per heavy atom. The summed E-state index contributed by atoms with van der Waals surface area (Å²) in [7, 11) is 1.78. The molecule has 124 valence electrons. The molecule has 2 unspecified atom stereocenters. The van der Waals surface area contributed by atoms with Gasteiger partial charge in [-0.15, -0.1) is 5.10 Å². The fourth-order valence-corrected chi connectivity index (χ4v) is 3.72. The molecule has 1 aliphatic carbocycles. The van der Waals surface area contributed by atoms with Crippen LogP contribution in [0.25, 0.3) is 5.65 Å². The molecule has 2 atom stereocenters. The quantitative estimate of drug-likeness (QED) is 0.766. The summed E-state index contributed by atoms with van der Waals surface area (Å²) in [6, 6.07) is 0. The van der Waals surface area contributed by atoms with E-state index >= 15 is 0 Å². The molecule has 0 fully saturated rings. The van der Waals surface area contributed by atoms with Crippen molar-refractivity contribution in [1.82, 2.24) is 24.4 Å². The maximum Gasteiger partial charge on any atom is 0.311 e. The van der Waals surface area contributed by atoms with Gasteiger partial charge in [0.15, 0.2) is 5.65 Å². The van der Waals surface area contributed by atoms with Crippen LogP contribution in [0.5, 0.6) is 0 Å². The SMILES string of the molecule is Cn1cc(C2(C)CC(C(=O)O)c3cnc4c(Cl)c(F)nn4c32)cn1. The number of hydrogen-bond acceptors (Lipinski definition) is 4. The van der Waals surface area contributed by atoms with Crippen molar-refractivity contribution in [3.8, 4) is 0 Å². The summed E-state index contributed by atoms with van der Waals surface area (Å²) >= 11 is 5.93. The molecule has 0 aliphatic heterocycles. The number of carboxylic acids is 1. The number of rotatable bonds is 2. The maximum absolute atomic E-state index is 13.9. The molecular weight excluding hydrogens is 337 g/mol. The molecule has 3 heterocycles. The highest BCUT2D eigenvalue weighted by Gasteiger charge is 2.48. The molecule has 0 bridgehead atoms. The van der Waals surface area contributed by atoms with E-state index in [4.69, 9.17) is 11.6 Å². The number of nitrogens with zero attached hydrogens (tertiary/aromatic N) is 5. The van der Waals surface area contributed by atoms with Crippen LogP contribution in [0.3, 0.4) is 0 Å². The smallest absolute Gasteiger partial charge is 0.311 e. The average Bonchev–Trinajstić information content (AvgIpc) is 3.17. The lowest BCUT2D eigenvalue weighted by molar-refractivity contribution is -0.138. The summed E-state index contributed by atoms with van der Waals surface area (Å²) in [5.41, 5.74) is 1.40. The van der Waals surface area contributed by atoms with Crippen molar-refractivity contribution in [2.24, 2.45) is 7.05 Å². The maximum atomic E-state index is 13.9. The lowest BCUT2D eigenvalue weighted by Crippen LogP contribution is -2.24. The molecule has 0 radical (unpaired) electrons. The fourth-order valence-electron chi connectivity index (χ4n) is 3.55. The van der Waals surface area contributed by atoms with Crippen molar-refractivity contribution < 1.29 is 14.3 Å². The van der Waals surface area contributed by atoms with E-state index in [9.17, 15) is 14.3 Å². The molecule has 1 aliphatic rings. The van der Waals surface area contributed by atoms with Gasteiger partial charge in [0.1, 0.15) is 5.02 Å². The molecule has 0 saturated heterocycles. The first-order valence-electron chi connectivity index (χ1n) is 7.28. The molecule has 0 amide bonds. The van der Waals surface area contributed by atoms with E-state index in [0.717, 1.165) is 5.56 Å². The number of fused-ring (bicyclic) bond motifs is 3. The zero-order chi connectivity index (χ0) is 17.2. The van der Waals surface area contributed by atoms with Gasteiger partial charge in [0.2, 0.25) is 0 Å². The third-order valence-corrected chi connectivity index (χ3v) is 5.05. The van der Waals surface area contributed by atoms with Crippen LogP contribution < -0.4 is 0 Å². The van der Waals surface area contributed by atoms with E-state index in [2.05, 4.69) is 15.2 Å². The van der Waals surface area contributed by atoms with Crippen LogP contribution in [0.4, 0.5) is 4.39 Å². The van der Waals surface area contributed by atoms with E-state index in [1.807, 2.05) is 13.1 Å². The van der Waals surface area contributed by atoms with E-state index in [-0.39, 0.29) is 10.7 Å². The van der Waals surface area contributed by atoms with Crippen LogP contribution >= 0.6 is 11.6 Å². The van der Waals surface area contributed by atoms with Gasteiger partial charge in [0.25, 0.3) is 5.95 Å². The van der Waals surface area contributed by atoms with E-state index in [1.54, 1.807) is 17.9 Å². The summed E-state index contributed by atoms with van der Waals surface area (Å²) < 4.78 is 16.8. The Morgan fingerprint density at radius 2 is 2.25 bits per heavy atom. The lowest BCUT2D eigenvalue weighted by Gasteiger charge is -2.24. The fraction of sp³-hybridized carbons (Fsp3) is 0.333. The minimum Gasteiger partial charge on any atom is -0.481 e. The second kappa shape index (κ2) is 4.76. The molecule has 0 aromatic carbocycles. The average molecular weight is 350 g/mol. The first-order valence-corrected chi connectivity index (χ1v) is 7.66. The van der Waals surface area contributed by atoms with Gasteiger partial charge in [-0.3, -0.25) is 9.48 Å². The van der Waals surface area contributed by atoms with Crippen molar-refractivity contribution >= 4 is 23.2 Å². The highest BCUT2D eigenvalue weighted by molar-refractivity contribution is 6.33. The Bertz CT molecular complexity index is 997. The molecule has 24 heavy (non-hydrogen) atoms. The zero-order valence-corrected chi connectivity index (χ0v) is 13.6. The van der Waals surface area contributed by atoms with Crippen molar-refractivity contribution in [2.45, 2.75) is 24.7 Å². The number of hydrogen-bond donors (Lipinski definition) is 1. The van der Waals surface area contributed by atoms with Crippen molar-refractivity contribution in [2.75, 3.05) is 0 Å². The molecule has 3 aromatic heterocycles. The Hall–Kier alpha value is -2.48. The summed E-state index contributed by atoms with van der Waals surface area (Å²) in [6.07, 6.45) is 5.27. The molecule has 0 saturated carbocycles.